The Morgan fingerprint density at radius 2 is 2.20 bits per heavy atom. The fraction of sp³-hybridized carbons (Fsp3) is 0.154. The first-order valence-corrected chi connectivity index (χ1v) is 5.46. The molecule has 0 atom stereocenters. The average molecular weight is 276 g/mol. The molecular formula is C13H12N2O5. The molecule has 0 unspecified atom stereocenters. The van der Waals surface area contributed by atoms with Crippen LogP contribution in [0, 0.1) is 11.3 Å². The summed E-state index contributed by atoms with van der Waals surface area (Å²) in [7, 11) is 1.39. The van der Waals surface area contributed by atoms with Crippen molar-refractivity contribution in [3.63, 3.8) is 0 Å². The molecule has 0 bridgehead atoms. The number of phenols is 1. The van der Waals surface area contributed by atoms with Gasteiger partial charge in [-0.15, -0.1) is 0 Å². The van der Waals surface area contributed by atoms with Crippen LogP contribution < -0.4 is 10.1 Å². The summed E-state index contributed by atoms with van der Waals surface area (Å²) in [6.45, 7) is -0.578. The number of aliphatic carboxylic acids is 1. The molecule has 0 spiro atoms. The highest BCUT2D eigenvalue weighted by atomic mass is 16.5. The van der Waals surface area contributed by atoms with Crippen molar-refractivity contribution in [1.82, 2.24) is 5.32 Å². The van der Waals surface area contributed by atoms with Crippen LogP contribution in [0.15, 0.2) is 23.8 Å². The first-order valence-electron chi connectivity index (χ1n) is 5.46. The summed E-state index contributed by atoms with van der Waals surface area (Å²) in [5, 5.41) is 29.0. The third-order valence-corrected chi connectivity index (χ3v) is 2.28. The monoisotopic (exact) mass is 276 g/mol. The van der Waals surface area contributed by atoms with Crippen LogP contribution in [0.2, 0.25) is 0 Å². The van der Waals surface area contributed by atoms with E-state index in [-0.39, 0.29) is 17.1 Å². The van der Waals surface area contributed by atoms with E-state index in [2.05, 4.69) is 5.32 Å². The Hall–Kier alpha value is -3.01. The van der Waals surface area contributed by atoms with Gasteiger partial charge < -0.3 is 20.3 Å². The molecule has 0 saturated heterocycles. The number of carboxylic acid groups (broad SMARTS) is 1. The maximum absolute atomic E-state index is 11.5. The number of amides is 1. The van der Waals surface area contributed by atoms with Crippen LogP contribution in [0.4, 0.5) is 0 Å². The molecule has 0 fully saturated rings. The summed E-state index contributed by atoms with van der Waals surface area (Å²) < 4.78 is 4.86. The second-order valence-electron chi connectivity index (χ2n) is 3.68. The van der Waals surface area contributed by atoms with Crippen molar-refractivity contribution in [1.29, 1.82) is 5.26 Å². The number of nitriles is 1. The quantitative estimate of drug-likeness (QED) is 0.532. The van der Waals surface area contributed by atoms with Crippen LogP contribution in [0.5, 0.6) is 11.5 Å². The molecule has 7 nitrogen and oxygen atoms in total. The van der Waals surface area contributed by atoms with E-state index in [4.69, 9.17) is 15.1 Å². The number of nitrogens with one attached hydrogen (secondary N) is 1. The van der Waals surface area contributed by atoms with Crippen LogP contribution >= 0.6 is 0 Å². The van der Waals surface area contributed by atoms with Crippen molar-refractivity contribution in [2.45, 2.75) is 0 Å². The Kier molecular flexibility index (Phi) is 5.12. The lowest BCUT2D eigenvalue weighted by molar-refractivity contribution is -0.137. The lowest BCUT2D eigenvalue weighted by Crippen LogP contribution is -2.30. The third kappa shape index (κ3) is 4.03. The highest BCUT2D eigenvalue weighted by Gasteiger charge is 2.10. The molecule has 0 aliphatic carbocycles. The van der Waals surface area contributed by atoms with Crippen LogP contribution in [0.3, 0.4) is 0 Å². The number of carboxylic acids is 1. The van der Waals surface area contributed by atoms with E-state index in [0.29, 0.717) is 5.56 Å². The summed E-state index contributed by atoms with van der Waals surface area (Å²) in [5.74, 6) is -1.89. The topological polar surface area (TPSA) is 120 Å². The van der Waals surface area contributed by atoms with Gasteiger partial charge in [-0.25, -0.2) is 0 Å². The van der Waals surface area contributed by atoms with Gasteiger partial charge in [0.05, 0.1) is 7.11 Å². The zero-order chi connectivity index (χ0) is 15.1. The largest absolute Gasteiger partial charge is 0.504 e. The Bertz CT molecular complexity index is 601. The number of rotatable bonds is 5. The zero-order valence-corrected chi connectivity index (χ0v) is 10.6. The number of nitrogens with zero attached hydrogens (tertiary/aromatic N) is 1. The minimum atomic E-state index is -1.21. The molecule has 104 valence electrons. The lowest BCUT2D eigenvalue weighted by Gasteiger charge is -2.04. The van der Waals surface area contributed by atoms with Crippen LogP contribution in [-0.2, 0) is 9.59 Å². The minimum Gasteiger partial charge on any atom is -0.504 e. The van der Waals surface area contributed by atoms with Gasteiger partial charge in [0.2, 0.25) is 0 Å². The van der Waals surface area contributed by atoms with E-state index in [1.165, 1.54) is 25.3 Å². The molecule has 20 heavy (non-hydrogen) atoms. The van der Waals surface area contributed by atoms with Crippen molar-refractivity contribution >= 4 is 18.0 Å². The first-order chi connectivity index (χ1) is 9.47. The number of carbonyl (C=O) groups is 2. The molecule has 3 N–H and O–H groups in total. The second kappa shape index (κ2) is 6.80. The van der Waals surface area contributed by atoms with E-state index in [0.717, 1.165) is 0 Å². The predicted octanol–water partition coefficient (Wildman–Crippen LogP) is 0.509. The highest BCUT2D eigenvalue weighted by Crippen LogP contribution is 2.27. The van der Waals surface area contributed by atoms with Crippen LogP contribution in [0.1, 0.15) is 5.56 Å². The Balaban J connectivity index is 2.94. The number of methoxy groups -OCH3 is 1. The van der Waals surface area contributed by atoms with Crippen LogP contribution in [0.25, 0.3) is 6.08 Å². The van der Waals surface area contributed by atoms with E-state index in [1.54, 1.807) is 12.1 Å². The fourth-order valence-corrected chi connectivity index (χ4v) is 1.36. The summed E-state index contributed by atoms with van der Waals surface area (Å²) >= 11 is 0. The number of phenolic OH excluding ortho intramolecular Hbond substituents is 1. The van der Waals surface area contributed by atoms with Gasteiger partial charge in [-0.2, -0.15) is 5.26 Å². The molecule has 0 aliphatic heterocycles. The molecular weight excluding hydrogens is 264 g/mol. The van der Waals surface area contributed by atoms with Gasteiger partial charge in [0, 0.05) is 0 Å². The Labute approximate surface area is 114 Å². The van der Waals surface area contributed by atoms with Gasteiger partial charge >= 0.3 is 5.97 Å². The van der Waals surface area contributed by atoms with Crippen molar-refractivity contribution in [2.75, 3.05) is 13.7 Å². The number of hydrogen-bond donors (Lipinski definition) is 3. The molecule has 0 aliphatic rings. The summed E-state index contributed by atoms with van der Waals surface area (Å²) in [4.78, 5) is 21.9. The molecule has 1 rings (SSSR count). The van der Waals surface area contributed by atoms with Crippen molar-refractivity contribution in [3.05, 3.63) is 29.3 Å². The van der Waals surface area contributed by atoms with E-state index in [1.807, 2.05) is 0 Å². The second-order valence-corrected chi connectivity index (χ2v) is 3.68. The van der Waals surface area contributed by atoms with Crippen molar-refractivity contribution in [2.24, 2.45) is 0 Å². The normalized spacial score (nSPS) is 10.5. The molecule has 1 amide bonds. The Morgan fingerprint density at radius 1 is 1.50 bits per heavy atom. The van der Waals surface area contributed by atoms with Gasteiger partial charge in [0.25, 0.3) is 5.91 Å². The molecule has 0 aromatic heterocycles. The predicted molar refractivity (Wildman–Crippen MR) is 68.9 cm³/mol. The fourth-order valence-electron chi connectivity index (χ4n) is 1.36. The van der Waals surface area contributed by atoms with E-state index in [9.17, 15) is 14.7 Å². The lowest BCUT2D eigenvalue weighted by atomic mass is 10.1. The molecule has 0 saturated carbocycles. The smallest absolute Gasteiger partial charge is 0.322 e. The van der Waals surface area contributed by atoms with Gasteiger partial charge in [0.15, 0.2) is 11.5 Å². The standard InChI is InChI=1S/C13H12N2O5/c1-20-11-3-2-8(5-10(11)16)4-9(6-14)13(19)15-7-12(17)18/h2-5,16H,7H2,1H3,(H,15,19)(H,17,18). The number of aromatic hydroxyl groups is 1. The zero-order valence-electron chi connectivity index (χ0n) is 10.6. The molecule has 0 radical (unpaired) electrons. The van der Waals surface area contributed by atoms with E-state index >= 15 is 0 Å². The number of carbonyl (C=O) groups excluding carboxylic acids is 1. The highest BCUT2D eigenvalue weighted by molar-refractivity contribution is 6.02. The third-order valence-electron chi connectivity index (χ3n) is 2.28. The number of ether oxygens (including phenoxy) is 1. The van der Waals surface area contributed by atoms with Gasteiger partial charge in [-0.1, -0.05) is 6.07 Å². The van der Waals surface area contributed by atoms with Crippen molar-refractivity contribution in [3.8, 4) is 17.6 Å². The van der Waals surface area contributed by atoms with Gasteiger partial charge in [0.1, 0.15) is 18.2 Å². The molecule has 0 heterocycles. The summed E-state index contributed by atoms with van der Waals surface area (Å²) in [6, 6.07) is 6.00. The SMILES string of the molecule is COc1ccc(C=C(C#N)C(=O)NCC(=O)O)cc1O. The average Bonchev–Trinajstić information content (AvgIpc) is 2.42. The first kappa shape index (κ1) is 15.0. The number of benzene rings is 1. The number of hydrogen-bond acceptors (Lipinski definition) is 5. The summed E-state index contributed by atoms with van der Waals surface area (Å²) in [5.41, 5.74) is 0.140. The summed E-state index contributed by atoms with van der Waals surface area (Å²) in [6.07, 6.45) is 1.23. The van der Waals surface area contributed by atoms with Crippen LogP contribution in [-0.4, -0.2) is 35.7 Å². The van der Waals surface area contributed by atoms with Gasteiger partial charge in [-0.3, -0.25) is 9.59 Å². The van der Waals surface area contributed by atoms with E-state index < -0.39 is 18.4 Å². The minimum absolute atomic E-state index is 0.135. The van der Waals surface area contributed by atoms with Gasteiger partial charge in [-0.05, 0) is 23.8 Å². The Morgan fingerprint density at radius 3 is 2.70 bits per heavy atom. The molecule has 1 aromatic carbocycles. The van der Waals surface area contributed by atoms with Crippen molar-refractivity contribution < 1.29 is 24.5 Å². The maximum atomic E-state index is 11.5. The molecule has 1 aromatic rings. The molecule has 7 heteroatoms. The maximum Gasteiger partial charge on any atom is 0.322 e.